The van der Waals surface area contributed by atoms with Gasteiger partial charge in [-0.2, -0.15) is 0 Å². The second-order valence-corrected chi connectivity index (χ2v) is 13.6. The van der Waals surface area contributed by atoms with Crippen molar-refractivity contribution in [2.75, 3.05) is 6.54 Å². The highest BCUT2D eigenvalue weighted by Crippen LogP contribution is 2.38. The number of carboxylic acids is 1. The van der Waals surface area contributed by atoms with Gasteiger partial charge in [-0.05, 0) is 45.6 Å². The first-order valence-electron chi connectivity index (χ1n) is 15.7. The number of aromatic nitrogens is 1. The molecule has 3 N–H and O–H groups in total. The summed E-state index contributed by atoms with van der Waals surface area (Å²) in [5.41, 5.74) is -0.624. The minimum Gasteiger partial charge on any atom is -0.488 e. The Balaban J connectivity index is 1.49. The van der Waals surface area contributed by atoms with Crippen LogP contribution in [-0.4, -0.2) is 79.7 Å². The molecule has 5 rings (SSSR count). The first-order chi connectivity index (χ1) is 22.6. The highest BCUT2D eigenvalue weighted by atomic mass is 16.6. The number of amides is 3. The normalized spacial score (nSPS) is 19.0. The molecule has 1 saturated carbocycles. The minimum absolute atomic E-state index is 0.00998. The van der Waals surface area contributed by atoms with Gasteiger partial charge in [-0.3, -0.25) is 19.7 Å². The molecule has 2 fully saturated rings. The highest BCUT2D eigenvalue weighted by Gasteiger charge is 2.54. The van der Waals surface area contributed by atoms with Gasteiger partial charge in [-0.1, -0.05) is 44.2 Å². The van der Waals surface area contributed by atoms with E-state index in [0.717, 1.165) is 5.56 Å². The quantitative estimate of drug-likeness (QED) is 0.207. The molecule has 1 aromatic heterocycles. The van der Waals surface area contributed by atoms with Crippen LogP contribution in [-0.2, 0) is 19.1 Å². The van der Waals surface area contributed by atoms with E-state index in [2.05, 4.69) is 15.6 Å². The van der Waals surface area contributed by atoms with E-state index in [0.29, 0.717) is 16.6 Å². The average molecular weight is 662 g/mol. The lowest BCUT2D eigenvalue weighted by molar-refractivity contribution is -0.384. The molecule has 2 aliphatic rings. The van der Waals surface area contributed by atoms with E-state index < -0.39 is 64.0 Å². The predicted molar refractivity (Wildman–Crippen MR) is 174 cm³/mol. The summed E-state index contributed by atoms with van der Waals surface area (Å²) in [6, 6.07) is 13.0. The van der Waals surface area contributed by atoms with Crippen molar-refractivity contribution in [3.8, 4) is 17.0 Å². The maximum Gasteiger partial charge on any atom is 0.408 e. The topological polar surface area (TPSA) is 190 Å². The molecule has 48 heavy (non-hydrogen) atoms. The molecule has 254 valence electrons. The fraction of sp³-hybridized carbons (Fsp3) is 0.441. The van der Waals surface area contributed by atoms with E-state index in [-0.39, 0.29) is 37.2 Å². The molecule has 14 heteroatoms. The third-order valence-electron chi connectivity index (χ3n) is 8.30. The number of pyridine rings is 1. The van der Waals surface area contributed by atoms with Crippen LogP contribution < -0.4 is 15.4 Å². The molecule has 3 aromatic rings. The van der Waals surface area contributed by atoms with Crippen LogP contribution in [0.2, 0.25) is 0 Å². The number of likely N-dealkylation sites (tertiary alicyclic amines) is 1. The van der Waals surface area contributed by atoms with Gasteiger partial charge in [-0.25, -0.2) is 14.6 Å². The molecule has 14 nitrogen and oxygen atoms in total. The van der Waals surface area contributed by atoms with Gasteiger partial charge in [0.1, 0.15) is 35.1 Å². The summed E-state index contributed by atoms with van der Waals surface area (Å²) in [5, 5.41) is 27.0. The lowest BCUT2D eigenvalue weighted by Crippen LogP contribution is -2.57. The summed E-state index contributed by atoms with van der Waals surface area (Å²) in [5.74, 6) is -2.53. The van der Waals surface area contributed by atoms with Gasteiger partial charge in [0.2, 0.25) is 11.8 Å². The van der Waals surface area contributed by atoms with Crippen LogP contribution in [0.15, 0.2) is 54.6 Å². The third kappa shape index (κ3) is 7.48. The number of rotatable bonds is 10. The molecule has 1 aliphatic heterocycles. The summed E-state index contributed by atoms with van der Waals surface area (Å²) in [6.07, 6.45) is -1.08. The van der Waals surface area contributed by atoms with E-state index in [4.69, 9.17) is 9.47 Å². The van der Waals surface area contributed by atoms with E-state index in [9.17, 15) is 34.4 Å². The molecule has 0 bridgehead atoms. The van der Waals surface area contributed by atoms with Gasteiger partial charge in [0.05, 0.1) is 22.7 Å². The smallest absolute Gasteiger partial charge is 0.408 e. The molecule has 1 aliphatic carbocycles. The van der Waals surface area contributed by atoms with E-state index in [1.54, 1.807) is 40.7 Å². The van der Waals surface area contributed by atoms with Crippen LogP contribution in [0.3, 0.4) is 0 Å². The number of ether oxygens (including phenoxy) is 2. The number of alkyl carbamates (subject to hydrolysis) is 1. The Morgan fingerprint density at radius 3 is 2.35 bits per heavy atom. The number of carbonyl (C=O) groups is 4. The SMILES string of the molecule is CC(C)[C@H](NC(=O)OC(C)(C)C)C(=O)N1C[C@H](Oc2cc(-c3ccccc3)nc3ccc([N+](=O)[O-])cc23)C[C@H]1C(=O)NC1(C(=O)O)CC1. The molecule has 2 aromatic carbocycles. The zero-order valence-corrected chi connectivity index (χ0v) is 27.4. The summed E-state index contributed by atoms with van der Waals surface area (Å²) in [7, 11) is 0. The fourth-order valence-electron chi connectivity index (χ4n) is 5.67. The van der Waals surface area contributed by atoms with Crippen molar-refractivity contribution in [2.24, 2.45) is 5.92 Å². The number of aliphatic carboxylic acids is 1. The van der Waals surface area contributed by atoms with Gasteiger partial charge in [0.25, 0.3) is 5.69 Å². The van der Waals surface area contributed by atoms with Gasteiger partial charge < -0.3 is 30.1 Å². The second-order valence-electron chi connectivity index (χ2n) is 13.6. The summed E-state index contributed by atoms with van der Waals surface area (Å²) < 4.78 is 11.8. The molecule has 2 heterocycles. The Bertz CT molecular complexity index is 1750. The van der Waals surface area contributed by atoms with Gasteiger partial charge >= 0.3 is 12.1 Å². The molecular formula is C34H39N5O9. The number of nitrogens with zero attached hydrogens (tertiary/aromatic N) is 3. The van der Waals surface area contributed by atoms with Crippen molar-refractivity contribution in [1.82, 2.24) is 20.5 Å². The second kappa shape index (κ2) is 13.1. The van der Waals surface area contributed by atoms with Crippen molar-refractivity contribution >= 4 is 40.5 Å². The van der Waals surface area contributed by atoms with Crippen LogP contribution in [0.4, 0.5) is 10.5 Å². The summed E-state index contributed by atoms with van der Waals surface area (Å²) in [4.78, 5) is 69.5. The first-order valence-corrected chi connectivity index (χ1v) is 15.7. The maximum atomic E-state index is 14.1. The summed E-state index contributed by atoms with van der Waals surface area (Å²) >= 11 is 0. The third-order valence-corrected chi connectivity index (χ3v) is 8.30. The van der Waals surface area contributed by atoms with Crippen molar-refractivity contribution in [3.05, 3.63) is 64.7 Å². The molecule has 3 amide bonds. The Labute approximate surface area is 276 Å². The Kier molecular flexibility index (Phi) is 9.29. The van der Waals surface area contributed by atoms with E-state index in [1.807, 2.05) is 30.3 Å². The fourth-order valence-corrected chi connectivity index (χ4v) is 5.67. The average Bonchev–Trinajstić information content (AvgIpc) is 3.68. The standard InChI is InChI=1S/C34H39N5O9/c1-19(2)28(36-32(44)48-33(3,4)5)30(41)38-18-22(16-26(38)29(40)37-34(13-14-34)31(42)43)47-27-17-25(20-9-7-6-8-10-20)35-24-12-11-21(39(45)46)15-23(24)27/h6-12,15,17,19,22,26,28H,13-14,16,18H2,1-5H3,(H,36,44)(H,37,40)(H,42,43)/t22-,26+,28+/m1/s1. The van der Waals surface area contributed by atoms with Crippen LogP contribution in [0.1, 0.15) is 53.9 Å². The number of benzene rings is 2. The number of hydrogen-bond donors (Lipinski definition) is 3. The first kappa shape index (κ1) is 34.1. The number of carbonyl (C=O) groups excluding carboxylic acids is 3. The number of fused-ring (bicyclic) bond motifs is 1. The number of hydrogen-bond acceptors (Lipinski definition) is 9. The Morgan fingerprint density at radius 2 is 1.77 bits per heavy atom. The molecular weight excluding hydrogens is 622 g/mol. The van der Waals surface area contributed by atoms with E-state index >= 15 is 0 Å². The lowest BCUT2D eigenvalue weighted by Gasteiger charge is -2.31. The van der Waals surface area contributed by atoms with Gasteiger partial charge in [0, 0.05) is 35.6 Å². The number of carboxylic acid groups (broad SMARTS) is 1. The Hall–Kier alpha value is -5.27. The molecule has 0 radical (unpaired) electrons. The summed E-state index contributed by atoms with van der Waals surface area (Å²) in [6.45, 7) is 8.47. The Morgan fingerprint density at radius 1 is 1.08 bits per heavy atom. The van der Waals surface area contributed by atoms with Crippen molar-refractivity contribution in [3.63, 3.8) is 0 Å². The minimum atomic E-state index is -1.40. The number of nitro groups is 1. The van der Waals surface area contributed by atoms with Crippen LogP contribution in [0.25, 0.3) is 22.2 Å². The zero-order chi connectivity index (χ0) is 35.0. The number of nitrogens with one attached hydrogen (secondary N) is 2. The van der Waals surface area contributed by atoms with Gasteiger partial charge in [-0.15, -0.1) is 0 Å². The van der Waals surface area contributed by atoms with E-state index in [1.165, 1.54) is 23.1 Å². The predicted octanol–water partition coefficient (Wildman–Crippen LogP) is 4.44. The van der Waals surface area contributed by atoms with Crippen molar-refractivity contribution in [2.45, 2.75) is 83.2 Å². The lowest BCUT2D eigenvalue weighted by atomic mass is 10.0. The van der Waals surface area contributed by atoms with Crippen LogP contribution in [0, 0.1) is 16.0 Å². The monoisotopic (exact) mass is 661 g/mol. The largest absolute Gasteiger partial charge is 0.488 e. The number of nitro benzene ring substituents is 1. The van der Waals surface area contributed by atoms with Crippen LogP contribution in [0.5, 0.6) is 5.75 Å². The highest BCUT2D eigenvalue weighted by molar-refractivity contribution is 5.96. The molecule has 3 atom stereocenters. The van der Waals surface area contributed by atoms with Gasteiger partial charge in [0.15, 0.2) is 0 Å². The molecule has 0 spiro atoms. The van der Waals surface area contributed by atoms with Crippen molar-refractivity contribution < 1.29 is 38.7 Å². The molecule has 0 unspecified atom stereocenters. The van der Waals surface area contributed by atoms with Crippen LogP contribution >= 0.6 is 0 Å². The maximum absolute atomic E-state index is 14.1. The zero-order valence-electron chi connectivity index (χ0n) is 27.4. The molecule has 1 saturated heterocycles. The number of non-ortho nitro benzene ring substituents is 1. The van der Waals surface area contributed by atoms with Crippen molar-refractivity contribution in [1.29, 1.82) is 0 Å².